The lowest BCUT2D eigenvalue weighted by Crippen LogP contribution is -2.37. The minimum Gasteiger partial charge on any atom is -0.493 e. The molecule has 1 N–H and O–H groups in total. The minimum atomic E-state index is -3.79. The predicted molar refractivity (Wildman–Crippen MR) is 135 cm³/mol. The fourth-order valence-electron chi connectivity index (χ4n) is 4.51. The zero-order valence-corrected chi connectivity index (χ0v) is 22.0. The highest BCUT2D eigenvalue weighted by Gasteiger charge is 2.31. The molecule has 10 heteroatoms. The van der Waals surface area contributed by atoms with Crippen molar-refractivity contribution in [1.82, 2.24) is 9.62 Å². The molecule has 0 aromatic heterocycles. The summed E-state index contributed by atoms with van der Waals surface area (Å²) in [5, 5.41) is 1.10. The van der Waals surface area contributed by atoms with Gasteiger partial charge in [0.15, 0.2) is 0 Å². The highest BCUT2D eigenvalue weighted by Crippen LogP contribution is 2.45. The molecule has 1 aliphatic heterocycles. The molecule has 1 aliphatic carbocycles. The number of carbonyl (C=O) groups excluding carboxylic acids is 1. The summed E-state index contributed by atoms with van der Waals surface area (Å²) in [5.41, 5.74) is 1.60. The number of sulfonamides is 1. The van der Waals surface area contributed by atoms with Crippen LogP contribution in [0.4, 0.5) is 4.39 Å². The van der Waals surface area contributed by atoms with E-state index >= 15 is 0 Å². The fourth-order valence-corrected chi connectivity index (χ4v) is 5.26. The van der Waals surface area contributed by atoms with Gasteiger partial charge in [-0.25, -0.2) is 17.5 Å². The van der Waals surface area contributed by atoms with Gasteiger partial charge in [-0.3, -0.25) is 9.69 Å². The molecule has 1 atom stereocenters. The topological polar surface area (TPSA) is 75.7 Å². The van der Waals surface area contributed by atoms with Crippen molar-refractivity contribution in [2.75, 3.05) is 26.0 Å². The first-order chi connectivity index (χ1) is 16.5. The van der Waals surface area contributed by atoms with E-state index in [9.17, 15) is 17.6 Å². The van der Waals surface area contributed by atoms with E-state index in [0.29, 0.717) is 28.3 Å². The van der Waals surface area contributed by atoms with Crippen molar-refractivity contribution in [3.8, 4) is 5.75 Å². The van der Waals surface area contributed by atoms with Crippen LogP contribution in [0.15, 0.2) is 30.3 Å². The third kappa shape index (κ3) is 6.67. The van der Waals surface area contributed by atoms with Crippen molar-refractivity contribution < 1.29 is 22.3 Å². The lowest BCUT2D eigenvalue weighted by molar-refractivity contribution is 0.0977. The monoisotopic (exact) mass is 542 g/mol. The first-order valence-corrected chi connectivity index (χ1v) is 14.3. The van der Waals surface area contributed by atoms with E-state index in [4.69, 9.17) is 27.9 Å². The van der Waals surface area contributed by atoms with Crippen LogP contribution >= 0.6 is 23.2 Å². The molecule has 0 bridgehead atoms. The van der Waals surface area contributed by atoms with Gasteiger partial charge in [-0.05, 0) is 86.9 Å². The number of nitrogens with zero attached hydrogens (tertiary/aromatic N) is 1. The summed E-state index contributed by atoms with van der Waals surface area (Å²) >= 11 is 12.2. The van der Waals surface area contributed by atoms with Gasteiger partial charge in [-0.1, -0.05) is 29.3 Å². The maximum Gasteiger partial charge on any atom is 0.267 e. The number of benzene rings is 2. The van der Waals surface area contributed by atoms with Crippen molar-refractivity contribution in [3.63, 3.8) is 0 Å². The second-order valence-electron chi connectivity index (χ2n) is 9.49. The van der Waals surface area contributed by atoms with Gasteiger partial charge in [0.05, 0.1) is 28.5 Å². The first-order valence-electron chi connectivity index (χ1n) is 11.7. The van der Waals surface area contributed by atoms with Crippen LogP contribution in [0.1, 0.15) is 66.1 Å². The summed E-state index contributed by atoms with van der Waals surface area (Å²) in [6, 6.07) is 8.60. The number of carbonyl (C=O) groups is 1. The number of halogens is 3. The van der Waals surface area contributed by atoms with E-state index in [2.05, 4.69) is 11.8 Å². The Morgan fingerprint density at radius 3 is 2.43 bits per heavy atom. The van der Waals surface area contributed by atoms with Crippen molar-refractivity contribution in [1.29, 1.82) is 0 Å². The van der Waals surface area contributed by atoms with E-state index in [1.165, 1.54) is 12.1 Å². The highest BCUT2D eigenvalue weighted by molar-refractivity contribution is 7.89. The Morgan fingerprint density at radius 1 is 1.14 bits per heavy atom. The Balaban J connectivity index is 1.37. The summed E-state index contributed by atoms with van der Waals surface area (Å²) < 4.78 is 45.4. The molecule has 2 aromatic carbocycles. The lowest BCUT2D eigenvalue weighted by Gasteiger charge is -2.36. The van der Waals surface area contributed by atoms with Gasteiger partial charge in [-0.15, -0.1) is 0 Å². The number of ether oxygens (including phenoxy) is 1. The highest BCUT2D eigenvalue weighted by atomic mass is 35.5. The maximum atomic E-state index is 14.7. The van der Waals surface area contributed by atoms with E-state index in [-0.39, 0.29) is 17.5 Å². The van der Waals surface area contributed by atoms with Crippen LogP contribution < -0.4 is 9.46 Å². The summed E-state index contributed by atoms with van der Waals surface area (Å²) in [6.07, 6.45) is 4.61. The SMILES string of the molecule is CC(c1ccc(Cl)c(Cl)c1)N1CCC(COc2cc(F)c(C(=O)NS(C)(=O)=O)cc2C2CC2)CC1. The number of likely N-dealkylation sites (tertiary alicyclic amines) is 1. The van der Waals surface area contributed by atoms with Crippen LogP contribution in [0.3, 0.4) is 0 Å². The molecule has 1 amide bonds. The molecule has 1 saturated carbocycles. The van der Waals surface area contributed by atoms with Crippen LogP contribution in [0.25, 0.3) is 0 Å². The molecule has 6 nitrogen and oxygen atoms in total. The van der Waals surface area contributed by atoms with Gasteiger partial charge in [0.2, 0.25) is 10.0 Å². The average Bonchev–Trinajstić information content (AvgIpc) is 3.63. The zero-order valence-electron chi connectivity index (χ0n) is 19.7. The van der Waals surface area contributed by atoms with Crippen LogP contribution in [-0.2, 0) is 10.0 Å². The predicted octanol–water partition coefficient (Wildman–Crippen LogP) is 5.55. The molecular formula is C25H29Cl2FN2O4S. The number of rotatable bonds is 8. The zero-order chi connectivity index (χ0) is 25.3. The molecule has 4 rings (SSSR count). The van der Waals surface area contributed by atoms with Gasteiger partial charge >= 0.3 is 0 Å². The largest absolute Gasteiger partial charge is 0.493 e. The molecule has 1 unspecified atom stereocenters. The second kappa shape index (κ2) is 10.6. The summed E-state index contributed by atoms with van der Waals surface area (Å²) in [5.74, 6) is -0.801. The van der Waals surface area contributed by atoms with Gasteiger partial charge < -0.3 is 4.74 Å². The Hall–Kier alpha value is -1.87. The van der Waals surface area contributed by atoms with Crippen LogP contribution in [0.5, 0.6) is 5.75 Å². The summed E-state index contributed by atoms with van der Waals surface area (Å²) in [4.78, 5) is 14.6. The number of hydrogen-bond acceptors (Lipinski definition) is 5. The fraction of sp³-hybridized carbons (Fsp3) is 0.480. The van der Waals surface area contributed by atoms with Crippen molar-refractivity contribution in [3.05, 3.63) is 62.9 Å². The third-order valence-corrected chi connectivity index (χ3v) is 8.03. The van der Waals surface area contributed by atoms with E-state index in [0.717, 1.165) is 56.2 Å². The first kappa shape index (κ1) is 26.2. The molecule has 2 aromatic rings. The molecule has 0 spiro atoms. The average molecular weight is 543 g/mol. The van der Waals surface area contributed by atoms with Crippen molar-refractivity contribution >= 4 is 39.1 Å². The third-order valence-electron chi connectivity index (χ3n) is 6.74. The Bertz CT molecular complexity index is 1210. The Labute approximate surface area is 215 Å². The summed E-state index contributed by atoms with van der Waals surface area (Å²) in [7, 11) is -3.79. The van der Waals surface area contributed by atoms with Gasteiger partial charge in [0.1, 0.15) is 11.6 Å². The quantitative estimate of drug-likeness (QED) is 0.473. The van der Waals surface area contributed by atoms with E-state index in [1.807, 2.05) is 22.9 Å². The molecule has 35 heavy (non-hydrogen) atoms. The van der Waals surface area contributed by atoms with Crippen molar-refractivity contribution in [2.24, 2.45) is 5.92 Å². The van der Waals surface area contributed by atoms with E-state index < -0.39 is 21.7 Å². The molecule has 1 saturated heterocycles. The molecular weight excluding hydrogens is 514 g/mol. The normalized spacial score (nSPS) is 18.3. The Kier molecular flexibility index (Phi) is 7.95. The number of amides is 1. The standard InChI is InChI=1S/C25H29Cl2FN2O4S/c1-15(18-5-6-21(26)22(27)11-18)30-9-7-16(8-10-30)14-34-24-13-23(28)20(12-19(24)17-3-4-17)25(31)29-35(2,32)33/h5-6,11-13,15-17H,3-4,7-10,14H2,1-2H3,(H,29,31). The van der Waals surface area contributed by atoms with Crippen LogP contribution in [-0.4, -0.2) is 45.2 Å². The smallest absolute Gasteiger partial charge is 0.267 e. The summed E-state index contributed by atoms with van der Waals surface area (Å²) in [6.45, 7) is 4.43. The second-order valence-corrected chi connectivity index (χ2v) is 12.1. The number of hydrogen-bond donors (Lipinski definition) is 1. The van der Waals surface area contributed by atoms with Gasteiger partial charge in [-0.2, -0.15) is 0 Å². The molecule has 1 heterocycles. The number of nitrogens with one attached hydrogen (secondary N) is 1. The molecule has 0 radical (unpaired) electrons. The number of piperidine rings is 1. The van der Waals surface area contributed by atoms with Gasteiger partial charge in [0.25, 0.3) is 5.91 Å². The molecule has 2 fully saturated rings. The van der Waals surface area contributed by atoms with Crippen LogP contribution in [0, 0.1) is 11.7 Å². The van der Waals surface area contributed by atoms with Gasteiger partial charge in [0, 0.05) is 12.1 Å². The lowest BCUT2D eigenvalue weighted by atomic mass is 9.95. The molecule has 2 aliphatic rings. The molecule has 190 valence electrons. The van der Waals surface area contributed by atoms with E-state index in [1.54, 1.807) is 0 Å². The van der Waals surface area contributed by atoms with Crippen LogP contribution in [0.2, 0.25) is 10.0 Å². The minimum absolute atomic E-state index is 0.198. The Morgan fingerprint density at radius 2 is 1.83 bits per heavy atom. The maximum absolute atomic E-state index is 14.7. The van der Waals surface area contributed by atoms with Crippen molar-refractivity contribution in [2.45, 2.75) is 44.6 Å².